The Balaban J connectivity index is 2.93. The number of hydrogen-bond donors (Lipinski definition) is 2. The van der Waals surface area contributed by atoms with Crippen molar-refractivity contribution < 1.29 is 14.3 Å². The molecular formula is C12H14FNO2. The van der Waals surface area contributed by atoms with Crippen LogP contribution in [0, 0.1) is 5.82 Å². The summed E-state index contributed by atoms with van der Waals surface area (Å²) in [6.07, 6.45) is 3.44. The number of likely N-dealkylation sites (N-methyl/N-ethyl adjacent to an activating group) is 1. The van der Waals surface area contributed by atoms with Crippen molar-refractivity contribution in [3.63, 3.8) is 0 Å². The lowest BCUT2D eigenvalue weighted by Crippen LogP contribution is -2.04. The van der Waals surface area contributed by atoms with Gasteiger partial charge in [-0.25, -0.2) is 4.39 Å². The molecule has 0 aromatic heterocycles. The number of hydrogen-bond acceptors (Lipinski definition) is 2. The molecule has 0 bridgehead atoms. The molecule has 1 rings (SSSR count). The normalized spacial score (nSPS) is 10.9. The molecule has 0 heterocycles. The monoisotopic (exact) mass is 223 g/mol. The fourth-order valence-corrected chi connectivity index (χ4v) is 1.35. The molecule has 3 nitrogen and oxygen atoms in total. The van der Waals surface area contributed by atoms with Crippen LogP contribution in [0.2, 0.25) is 0 Å². The van der Waals surface area contributed by atoms with E-state index in [0.29, 0.717) is 17.7 Å². The lowest BCUT2D eigenvalue weighted by molar-refractivity contribution is -0.136. The summed E-state index contributed by atoms with van der Waals surface area (Å²) in [5.74, 6) is -1.28. The lowest BCUT2D eigenvalue weighted by Gasteiger charge is -2.03. The highest BCUT2D eigenvalue weighted by atomic mass is 19.1. The van der Waals surface area contributed by atoms with Crippen LogP contribution < -0.4 is 5.32 Å². The molecule has 2 N–H and O–H groups in total. The summed E-state index contributed by atoms with van der Waals surface area (Å²) < 4.78 is 13.0. The second kappa shape index (κ2) is 6.02. The maximum atomic E-state index is 13.0. The Bertz CT molecular complexity index is 402. The molecule has 0 atom stereocenters. The van der Waals surface area contributed by atoms with Gasteiger partial charge >= 0.3 is 5.97 Å². The van der Waals surface area contributed by atoms with Gasteiger partial charge in [0.25, 0.3) is 0 Å². The molecule has 0 spiro atoms. The number of rotatable bonds is 5. The van der Waals surface area contributed by atoms with E-state index in [9.17, 15) is 9.18 Å². The molecule has 0 saturated heterocycles. The van der Waals surface area contributed by atoms with Crippen molar-refractivity contribution in [2.75, 3.05) is 13.6 Å². The first-order valence-corrected chi connectivity index (χ1v) is 4.95. The van der Waals surface area contributed by atoms with E-state index >= 15 is 0 Å². The third-order valence-electron chi connectivity index (χ3n) is 2.07. The predicted octanol–water partition coefficient (Wildman–Crippen LogP) is 1.69. The Morgan fingerprint density at radius 3 is 2.94 bits per heavy atom. The number of nitrogens with one attached hydrogen (secondary N) is 1. The second-order valence-corrected chi connectivity index (χ2v) is 3.37. The van der Waals surface area contributed by atoms with Crippen LogP contribution in [0.15, 0.2) is 24.3 Å². The van der Waals surface area contributed by atoms with Gasteiger partial charge in [0.2, 0.25) is 0 Å². The van der Waals surface area contributed by atoms with Crippen LogP contribution in [0.5, 0.6) is 0 Å². The van der Waals surface area contributed by atoms with E-state index in [0.717, 1.165) is 0 Å². The van der Waals surface area contributed by atoms with Crippen molar-refractivity contribution in [2.24, 2.45) is 0 Å². The summed E-state index contributed by atoms with van der Waals surface area (Å²) in [6, 6.07) is 4.11. The highest BCUT2D eigenvalue weighted by Crippen LogP contribution is 2.14. The average molecular weight is 223 g/mol. The third kappa shape index (κ3) is 3.82. The molecule has 0 aliphatic heterocycles. The molecule has 0 amide bonds. The molecule has 0 fully saturated rings. The molecular weight excluding hydrogens is 209 g/mol. The number of carbonyl (C=O) groups is 1. The molecule has 1 aromatic carbocycles. The van der Waals surface area contributed by atoms with E-state index in [1.54, 1.807) is 13.1 Å². The fraction of sp³-hybridized carbons (Fsp3) is 0.250. The Morgan fingerprint density at radius 1 is 1.56 bits per heavy atom. The van der Waals surface area contributed by atoms with Crippen molar-refractivity contribution in [1.29, 1.82) is 0 Å². The first-order valence-electron chi connectivity index (χ1n) is 4.95. The Kier molecular flexibility index (Phi) is 4.66. The van der Waals surface area contributed by atoms with E-state index in [1.807, 2.05) is 6.08 Å². The van der Waals surface area contributed by atoms with Crippen LogP contribution in [0.3, 0.4) is 0 Å². The molecule has 0 saturated carbocycles. The van der Waals surface area contributed by atoms with Gasteiger partial charge in [-0.05, 0) is 30.3 Å². The van der Waals surface area contributed by atoms with Gasteiger partial charge in [-0.2, -0.15) is 0 Å². The summed E-state index contributed by atoms with van der Waals surface area (Å²) in [6.45, 7) is 0.656. The average Bonchev–Trinajstić information content (AvgIpc) is 2.22. The zero-order valence-electron chi connectivity index (χ0n) is 9.03. The molecule has 4 heteroatoms. The minimum Gasteiger partial charge on any atom is -0.481 e. The highest BCUT2D eigenvalue weighted by Gasteiger charge is 2.05. The number of benzene rings is 1. The third-order valence-corrected chi connectivity index (χ3v) is 2.07. The zero-order chi connectivity index (χ0) is 12.0. The van der Waals surface area contributed by atoms with E-state index in [1.165, 1.54) is 18.2 Å². The van der Waals surface area contributed by atoms with E-state index in [4.69, 9.17) is 5.11 Å². The Labute approximate surface area is 93.6 Å². The Morgan fingerprint density at radius 2 is 2.31 bits per heavy atom. The maximum absolute atomic E-state index is 13.0. The van der Waals surface area contributed by atoms with E-state index < -0.39 is 5.97 Å². The first kappa shape index (κ1) is 12.4. The van der Waals surface area contributed by atoms with Gasteiger partial charge in [0.05, 0.1) is 6.42 Å². The number of carboxylic acids is 1. The summed E-state index contributed by atoms with van der Waals surface area (Å²) in [4.78, 5) is 10.6. The number of carboxylic acid groups (broad SMARTS) is 1. The second-order valence-electron chi connectivity index (χ2n) is 3.37. The summed E-state index contributed by atoms with van der Waals surface area (Å²) >= 11 is 0. The summed E-state index contributed by atoms with van der Waals surface area (Å²) in [5, 5.41) is 11.6. The summed E-state index contributed by atoms with van der Waals surface area (Å²) in [5.41, 5.74) is 1.22. The van der Waals surface area contributed by atoms with Crippen LogP contribution in [0.1, 0.15) is 11.1 Å². The van der Waals surface area contributed by atoms with Crippen molar-refractivity contribution in [3.8, 4) is 0 Å². The molecule has 0 aliphatic carbocycles. The quantitative estimate of drug-likeness (QED) is 0.798. The van der Waals surface area contributed by atoms with Gasteiger partial charge in [0.15, 0.2) is 0 Å². The zero-order valence-corrected chi connectivity index (χ0v) is 9.03. The van der Waals surface area contributed by atoms with Gasteiger partial charge in [0, 0.05) is 6.54 Å². The lowest BCUT2D eigenvalue weighted by atomic mass is 10.0. The Hall–Kier alpha value is -1.68. The van der Waals surface area contributed by atoms with Crippen LogP contribution in [0.25, 0.3) is 6.08 Å². The van der Waals surface area contributed by atoms with Gasteiger partial charge < -0.3 is 10.4 Å². The highest BCUT2D eigenvalue weighted by molar-refractivity contribution is 5.72. The SMILES string of the molecule is CNCC=Cc1cc(F)ccc1CC(=O)O. The maximum Gasteiger partial charge on any atom is 0.307 e. The van der Waals surface area contributed by atoms with Gasteiger partial charge in [-0.1, -0.05) is 18.2 Å². The van der Waals surface area contributed by atoms with Crippen molar-refractivity contribution >= 4 is 12.0 Å². The standard InChI is InChI=1S/C12H14FNO2/c1-14-6-2-3-9-7-11(13)5-4-10(9)8-12(15)16/h2-5,7,14H,6,8H2,1H3,(H,15,16). The van der Waals surface area contributed by atoms with Gasteiger partial charge in [-0.15, -0.1) is 0 Å². The largest absolute Gasteiger partial charge is 0.481 e. The molecule has 0 unspecified atom stereocenters. The number of halogens is 1. The van der Waals surface area contributed by atoms with Crippen molar-refractivity contribution in [3.05, 3.63) is 41.2 Å². The predicted molar refractivity (Wildman–Crippen MR) is 60.7 cm³/mol. The first-order chi connectivity index (χ1) is 7.63. The molecule has 16 heavy (non-hydrogen) atoms. The van der Waals surface area contributed by atoms with Crippen molar-refractivity contribution in [1.82, 2.24) is 5.32 Å². The summed E-state index contributed by atoms with van der Waals surface area (Å²) in [7, 11) is 1.80. The molecule has 1 aromatic rings. The molecule has 0 radical (unpaired) electrons. The smallest absolute Gasteiger partial charge is 0.307 e. The minimum absolute atomic E-state index is 0.0977. The van der Waals surface area contributed by atoms with E-state index in [-0.39, 0.29) is 12.2 Å². The van der Waals surface area contributed by atoms with Gasteiger partial charge in [0.1, 0.15) is 5.82 Å². The minimum atomic E-state index is -0.921. The number of aliphatic carboxylic acids is 1. The molecule has 86 valence electrons. The fourth-order valence-electron chi connectivity index (χ4n) is 1.35. The van der Waals surface area contributed by atoms with Crippen LogP contribution in [-0.2, 0) is 11.2 Å². The van der Waals surface area contributed by atoms with Crippen LogP contribution >= 0.6 is 0 Å². The van der Waals surface area contributed by atoms with E-state index in [2.05, 4.69) is 5.32 Å². The van der Waals surface area contributed by atoms with Gasteiger partial charge in [-0.3, -0.25) is 4.79 Å². The topological polar surface area (TPSA) is 49.3 Å². The van der Waals surface area contributed by atoms with Crippen LogP contribution in [-0.4, -0.2) is 24.7 Å². The van der Waals surface area contributed by atoms with Crippen molar-refractivity contribution in [2.45, 2.75) is 6.42 Å². The van der Waals surface area contributed by atoms with Crippen LogP contribution in [0.4, 0.5) is 4.39 Å². The molecule has 0 aliphatic rings.